The van der Waals surface area contributed by atoms with Crippen LogP contribution in [-0.2, 0) is 4.79 Å². The van der Waals surface area contributed by atoms with Crippen molar-refractivity contribution in [2.24, 2.45) is 11.7 Å². The smallest absolute Gasteiger partial charge is 0.233 e. The molecule has 0 radical (unpaired) electrons. The van der Waals surface area contributed by atoms with Crippen LogP contribution in [-0.4, -0.2) is 35.7 Å². The second kappa shape index (κ2) is 8.89. The molecule has 0 bridgehead atoms. The first-order chi connectivity index (χ1) is 9.61. The van der Waals surface area contributed by atoms with Gasteiger partial charge in [-0.25, -0.2) is 0 Å². The highest BCUT2D eigenvalue weighted by Crippen LogP contribution is 2.28. The standard InChI is InChI=1S/C15H21ClN2OS.ClH/c1-11-6-7-18(12(8-11)9-17)15(19)10-20-14-5-3-2-4-13(14)16;/h2-5,11-12H,6-10,17H2,1H3;1H. The van der Waals surface area contributed by atoms with Crippen LogP contribution in [0.3, 0.4) is 0 Å². The summed E-state index contributed by atoms with van der Waals surface area (Å²) in [5.41, 5.74) is 5.80. The fraction of sp³-hybridized carbons (Fsp3) is 0.533. The number of nitrogens with zero attached hydrogens (tertiary/aromatic N) is 1. The van der Waals surface area contributed by atoms with Crippen molar-refractivity contribution >= 4 is 41.7 Å². The molecular weight excluding hydrogens is 327 g/mol. The Morgan fingerprint density at radius 1 is 1.48 bits per heavy atom. The molecule has 1 fully saturated rings. The summed E-state index contributed by atoms with van der Waals surface area (Å²) in [7, 11) is 0. The molecule has 1 aliphatic rings. The molecule has 6 heteroatoms. The number of amides is 1. The second-order valence-electron chi connectivity index (χ2n) is 5.33. The van der Waals surface area contributed by atoms with Gasteiger partial charge >= 0.3 is 0 Å². The number of hydrogen-bond donors (Lipinski definition) is 1. The van der Waals surface area contributed by atoms with Crippen LogP contribution in [0.25, 0.3) is 0 Å². The zero-order valence-corrected chi connectivity index (χ0v) is 14.5. The van der Waals surface area contributed by atoms with Gasteiger partial charge in [0.1, 0.15) is 0 Å². The zero-order valence-electron chi connectivity index (χ0n) is 12.1. The van der Waals surface area contributed by atoms with E-state index in [-0.39, 0.29) is 24.4 Å². The van der Waals surface area contributed by atoms with Crippen molar-refractivity contribution in [3.63, 3.8) is 0 Å². The van der Waals surface area contributed by atoms with Gasteiger partial charge in [0, 0.05) is 24.0 Å². The van der Waals surface area contributed by atoms with E-state index in [4.69, 9.17) is 17.3 Å². The SMILES string of the molecule is CC1CCN(C(=O)CSc2ccccc2Cl)C(CN)C1.Cl. The van der Waals surface area contributed by atoms with Gasteiger partial charge in [0.2, 0.25) is 5.91 Å². The van der Waals surface area contributed by atoms with E-state index in [1.54, 1.807) is 0 Å². The predicted molar refractivity (Wildman–Crippen MR) is 92.4 cm³/mol. The Morgan fingerprint density at radius 2 is 2.19 bits per heavy atom. The lowest BCUT2D eigenvalue weighted by Crippen LogP contribution is -2.49. The summed E-state index contributed by atoms with van der Waals surface area (Å²) in [6.07, 6.45) is 2.08. The van der Waals surface area contributed by atoms with Crippen molar-refractivity contribution in [3.05, 3.63) is 29.3 Å². The van der Waals surface area contributed by atoms with Crippen molar-refractivity contribution < 1.29 is 4.79 Å². The molecule has 118 valence electrons. The first kappa shape index (κ1) is 18.6. The van der Waals surface area contributed by atoms with E-state index in [1.807, 2.05) is 29.2 Å². The van der Waals surface area contributed by atoms with E-state index in [0.29, 0.717) is 23.2 Å². The van der Waals surface area contributed by atoms with E-state index in [2.05, 4.69) is 6.92 Å². The molecule has 2 rings (SSSR count). The van der Waals surface area contributed by atoms with Gasteiger partial charge < -0.3 is 10.6 Å². The number of carbonyl (C=O) groups excluding carboxylic acids is 1. The van der Waals surface area contributed by atoms with Gasteiger partial charge in [0.05, 0.1) is 10.8 Å². The van der Waals surface area contributed by atoms with Gasteiger partial charge in [0.25, 0.3) is 0 Å². The number of thioether (sulfide) groups is 1. The summed E-state index contributed by atoms with van der Waals surface area (Å²) >= 11 is 7.60. The number of benzene rings is 1. The van der Waals surface area contributed by atoms with Crippen LogP contribution in [0.2, 0.25) is 5.02 Å². The molecule has 1 aromatic carbocycles. The third-order valence-corrected chi connectivity index (χ3v) is 5.26. The third-order valence-electron chi connectivity index (χ3n) is 3.76. The van der Waals surface area contributed by atoms with E-state index in [9.17, 15) is 4.79 Å². The van der Waals surface area contributed by atoms with Crippen molar-refractivity contribution in [2.45, 2.75) is 30.7 Å². The minimum absolute atomic E-state index is 0. The van der Waals surface area contributed by atoms with Crippen molar-refractivity contribution in [1.82, 2.24) is 4.90 Å². The lowest BCUT2D eigenvalue weighted by molar-refractivity contribution is -0.132. The summed E-state index contributed by atoms with van der Waals surface area (Å²) in [4.78, 5) is 15.3. The van der Waals surface area contributed by atoms with Crippen molar-refractivity contribution in [2.75, 3.05) is 18.8 Å². The Morgan fingerprint density at radius 3 is 2.86 bits per heavy atom. The van der Waals surface area contributed by atoms with E-state index in [1.165, 1.54) is 11.8 Å². The molecule has 21 heavy (non-hydrogen) atoms. The van der Waals surface area contributed by atoms with Gasteiger partial charge in [-0.05, 0) is 30.9 Å². The summed E-state index contributed by atoms with van der Waals surface area (Å²) in [6.45, 7) is 3.60. The molecule has 2 N–H and O–H groups in total. The average Bonchev–Trinajstić information content (AvgIpc) is 2.46. The maximum absolute atomic E-state index is 12.4. The maximum Gasteiger partial charge on any atom is 0.233 e. The van der Waals surface area contributed by atoms with Crippen LogP contribution in [0, 0.1) is 5.92 Å². The van der Waals surface area contributed by atoms with E-state index >= 15 is 0 Å². The van der Waals surface area contributed by atoms with Crippen LogP contribution < -0.4 is 5.73 Å². The predicted octanol–water partition coefficient (Wildman–Crippen LogP) is 3.44. The zero-order chi connectivity index (χ0) is 14.5. The van der Waals surface area contributed by atoms with Gasteiger partial charge in [0.15, 0.2) is 0 Å². The third kappa shape index (κ3) is 5.06. The molecular formula is C15H22Cl2N2OS. The Bertz CT molecular complexity index is 473. The minimum atomic E-state index is 0. The largest absolute Gasteiger partial charge is 0.338 e. The summed E-state index contributed by atoms with van der Waals surface area (Å²) in [5, 5.41) is 0.702. The second-order valence-corrected chi connectivity index (χ2v) is 6.75. The molecule has 1 aliphatic heterocycles. The highest BCUT2D eigenvalue weighted by atomic mass is 35.5. The fourth-order valence-corrected chi connectivity index (χ4v) is 3.71. The molecule has 3 nitrogen and oxygen atoms in total. The lowest BCUT2D eigenvalue weighted by atomic mass is 9.92. The number of halogens is 2. The topological polar surface area (TPSA) is 46.3 Å². The van der Waals surface area contributed by atoms with Gasteiger partial charge in [-0.15, -0.1) is 24.2 Å². The monoisotopic (exact) mass is 348 g/mol. The number of rotatable bonds is 4. The molecule has 2 atom stereocenters. The van der Waals surface area contributed by atoms with Crippen LogP contribution in [0.1, 0.15) is 19.8 Å². The van der Waals surface area contributed by atoms with Gasteiger partial charge in [-0.3, -0.25) is 4.79 Å². The van der Waals surface area contributed by atoms with Crippen LogP contribution >= 0.6 is 35.8 Å². The Hall–Kier alpha value is -0.420. The number of piperidine rings is 1. The quantitative estimate of drug-likeness (QED) is 0.847. The summed E-state index contributed by atoms with van der Waals surface area (Å²) < 4.78 is 0. The summed E-state index contributed by atoms with van der Waals surface area (Å²) in [5.74, 6) is 1.25. The maximum atomic E-state index is 12.4. The van der Waals surface area contributed by atoms with Gasteiger partial charge in [-0.1, -0.05) is 30.7 Å². The van der Waals surface area contributed by atoms with Crippen LogP contribution in [0.5, 0.6) is 0 Å². The number of hydrogen-bond acceptors (Lipinski definition) is 3. The molecule has 0 aliphatic carbocycles. The molecule has 1 saturated heterocycles. The summed E-state index contributed by atoms with van der Waals surface area (Å²) in [6, 6.07) is 7.81. The Balaban J connectivity index is 0.00000220. The number of carbonyl (C=O) groups is 1. The molecule has 2 unspecified atom stereocenters. The first-order valence-electron chi connectivity index (χ1n) is 6.98. The molecule has 1 heterocycles. The Labute approximate surface area is 142 Å². The fourth-order valence-electron chi connectivity index (χ4n) is 2.59. The highest BCUT2D eigenvalue weighted by molar-refractivity contribution is 8.00. The van der Waals surface area contributed by atoms with Crippen molar-refractivity contribution in [1.29, 1.82) is 0 Å². The molecule has 0 aromatic heterocycles. The molecule has 1 amide bonds. The lowest BCUT2D eigenvalue weighted by Gasteiger charge is -2.38. The average molecular weight is 349 g/mol. The van der Waals surface area contributed by atoms with E-state index < -0.39 is 0 Å². The Kier molecular flexibility index (Phi) is 7.88. The van der Waals surface area contributed by atoms with Crippen LogP contribution in [0.4, 0.5) is 0 Å². The normalized spacial score (nSPS) is 21.8. The van der Waals surface area contributed by atoms with Gasteiger partial charge in [-0.2, -0.15) is 0 Å². The van der Waals surface area contributed by atoms with Crippen LogP contribution in [0.15, 0.2) is 29.2 Å². The molecule has 0 spiro atoms. The first-order valence-corrected chi connectivity index (χ1v) is 8.35. The molecule has 0 saturated carbocycles. The molecule has 1 aromatic rings. The van der Waals surface area contributed by atoms with Crippen molar-refractivity contribution in [3.8, 4) is 0 Å². The number of likely N-dealkylation sites (tertiary alicyclic amines) is 1. The minimum Gasteiger partial charge on any atom is -0.338 e. The highest BCUT2D eigenvalue weighted by Gasteiger charge is 2.28. The van der Waals surface area contributed by atoms with E-state index in [0.717, 1.165) is 24.3 Å². The number of nitrogens with two attached hydrogens (primary N) is 1.